The molecule has 0 spiro atoms. The summed E-state index contributed by atoms with van der Waals surface area (Å²) in [5, 5.41) is 8.34. The maximum atomic E-state index is 12.9. The molecule has 1 aliphatic heterocycles. The average Bonchev–Trinajstić information content (AvgIpc) is 2.85. The van der Waals surface area contributed by atoms with Crippen LogP contribution in [0.15, 0.2) is 47.4 Å². The average molecular weight is 417 g/mol. The van der Waals surface area contributed by atoms with Crippen molar-refractivity contribution in [1.82, 2.24) is 0 Å². The van der Waals surface area contributed by atoms with Crippen LogP contribution in [0.5, 0.6) is 0 Å². The standard InChI is InChI=1S/C17H9Cl2F3N2OS/c18-12-6-1-3-9(14(12)19)7-13-15(25)24(16(23)26-13)11-5-2-4-10(8-11)17(20,21)22/h1-8,23H/b13-7-,23-16?. The van der Waals surface area contributed by atoms with Crippen LogP contribution in [0.3, 0.4) is 0 Å². The summed E-state index contributed by atoms with van der Waals surface area (Å²) >= 11 is 12.9. The quantitative estimate of drug-likeness (QED) is 0.603. The lowest BCUT2D eigenvalue weighted by atomic mass is 10.1. The summed E-state index contributed by atoms with van der Waals surface area (Å²) in [6.45, 7) is 0. The summed E-state index contributed by atoms with van der Waals surface area (Å²) in [5.41, 5.74) is -0.437. The van der Waals surface area contributed by atoms with Gasteiger partial charge < -0.3 is 0 Å². The summed E-state index contributed by atoms with van der Waals surface area (Å²) in [7, 11) is 0. The molecule has 1 saturated heterocycles. The molecule has 2 aromatic carbocycles. The molecule has 3 nitrogen and oxygen atoms in total. The van der Waals surface area contributed by atoms with E-state index < -0.39 is 17.6 Å². The number of rotatable bonds is 2. The number of thioether (sulfide) groups is 1. The first-order valence-electron chi connectivity index (χ1n) is 7.12. The van der Waals surface area contributed by atoms with E-state index in [4.69, 9.17) is 28.6 Å². The molecule has 0 unspecified atom stereocenters. The number of benzene rings is 2. The second-order valence-corrected chi connectivity index (χ2v) is 7.06. The molecule has 134 valence electrons. The molecule has 3 rings (SSSR count). The van der Waals surface area contributed by atoms with Crippen molar-refractivity contribution < 1.29 is 18.0 Å². The van der Waals surface area contributed by atoms with Gasteiger partial charge in [-0.25, -0.2) is 0 Å². The van der Waals surface area contributed by atoms with E-state index in [2.05, 4.69) is 0 Å². The number of alkyl halides is 3. The number of amidine groups is 1. The molecule has 1 N–H and O–H groups in total. The lowest BCUT2D eigenvalue weighted by Crippen LogP contribution is -2.28. The van der Waals surface area contributed by atoms with Crippen molar-refractivity contribution in [3.05, 3.63) is 68.5 Å². The molecule has 0 atom stereocenters. The Morgan fingerprint density at radius 2 is 1.81 bits per heavy atom. The minimum Gasteiger partial charge on any atom is -0.278 e. The number of carbonyl (C=O) groups is 1. The van der Waals surface area contributed by atoms with E-state index in [1.165, 1.54) is 18.2 Å². The van der Waals surface area contributed by atoms with Crippen molar-refractivity contribution in [3.63, 3.8) is 0 Å². The van der Waals surface area contributed by atoms with Gasteiger partial charge in [-0.15, -0.1) is 0 Å². The molecule has 0 aromatic heterocycles. The van der Waals surface area contributed by atoms with Crippen molar-refractivity contribution in [2.24, 2.45) is 0 Å². The van der Waals surface area contributed by atoms with Gasteiger partial charge in [-0.05, 0) is 47.7 Å². The van der Waals surface area contributed by atoms with E-state index in [-0.39, 0.29) is 20.8 Å². The van der Waals surface area contributed by atoms with Crippen LogP contribution in [0.4, 0.5) is 18.9 Å². The number of halogens is 5. The summed E-state index contributed by atoms with van der Waals surface area (Å²) < 4.78 is 38.7. The minimum atomic E-state index is -4.54. The van der Waals surface area contributed by atoms with Gasteiger partial charge in [0, 0.05) is 0 Å². The zero-order valence-electron chi connectivity index (χ0n) is 12.8. The minimum absolute atomic E-state index is 0.0251. The Balaban J connectivity index is 1.98. The molecular weight excluding hydrogens is 408 g/mol. The molecule has 1 aliphatic rings. The molecule has 26 heavy (non-hydrogen) atoms. The first-order valence-corrected chi connectivity index (χ1v) is 8.69. The molecular formula is C17H9Cl2F3N2OS. The third-order valence-electron chi connectivity index (χ3n) is 3.52. The van der Waals surface area contributed by atoms with Gasteiger partial charge in [-0.2, -0.15) is 13.2 Å². The zero-order chi connectivity index (χ0) is 19.1. The van der Waals surface area contributed by atoms with Crippen LogP contribution in [0.1, 0.15) is 11.1 Å². The van der Waals surface area contributed by atoms with E-state index in [0.717, 1.165) is 28.8 Å². The molecule has 9 heteroatoms. The van der Waals surface area contributed by atoms with Gasteiger partial charge in [-0.3, -0.25) is 15.1 Å². The van der Waals surface area contributed by atoms with Crippen LogP contribution in [-0.4, -0.2) is 11.1 Å². The maximum absolute atomic E-state index is 12.9. The van der Waals surface area contributed by atoms with Crippen LogP contribution in [0, 0.1) is 5.41 Å². The Morgan fingerprint density at radius 3 is 2.50 bits per heavy atom. The number of anilines is 1. The summed E-state index contributed by atoms with van der Waals surface area (Å²) in [5.74, 6) is -0.602. The smallest absolute Gasteiger partial charge is 0.278 e. The highest BCUT2D eigenvalue weighted by Gasteiger charge is 2.36. The van der Waals surface area contributed by atoms with Crippen molar-refractivity contribution in [1.29, 1.82) is 5.41 Å². The van der Waals surface area contributed by atoms with E-state index in [1.54, 1.807) is 18.2 Å². The van der Waals surface area contributed by atoms with E-state index in [9.17, 15) is 18.0 Å². The molecule has 0 aliphatic carbocycles. The monoisotopic (exact) mass is 416 g/mol. The number of nitrogens with one attached hydrogen (secondary N) is 1. The van der Waals surface area contributed by atoms with Crippen molar-refractivity contribution in [2.75, 3.05) is 4.90 Å². The van der Waals surface area contributed by atoms with Crippen LogP contribution in [0.25, 0.3) is 6.08 Å². The van der Waals surface area contributed by atoms with Crippen molar-refractivity contribution in [3.8, 4) is 0 Å². The fourth-order valence-electron chi connectivity index (χ4n) is 2.32. The van der Waals surface area contributed by atoms with Gasteiger partial charge in [0.05, 0.1) is 26.2 Å². The Bertz CT molecular complexity index is 944. The number of nitrogens with zero attached hydrogens (tertiary/aromatic N) is 1. The number of hydrogen-bond acceptors (Lipinski definition) is 3. The third kappa shape index (κ3) is 3.60. The molecule has 1 heterocycles. The van der Waals surface area contributed by atoms with Crippen molar-refractivity contribution in [2.45, 2.75) is 6.18 Å². The maximum Gasteiger partial charge on any atom is 0.416 e. The topological polar surface area (TPSA) is 44.2 Å². The van der Waals surface area contributed by atoms with E-state index in [0.29, 0.717) is 10.6 Å². The number of amides is 1. The van der Waals surface area contributed by atoms with Gasteiger partial charge in [0.2, 0.25) is 0 Å². The first-order chi connectivity index (χ1) is 12.2. The second kappa shape index (κ2) is 6.98. The Kier molecular flexibility index (Phi) is 5.05. The highest BCUT2D eigenvalue weighted by Crippen LogP contribution is 2.38. The molecule has 0 radical (unpaired) electrons. The fraction of sp³-hybridized carbons (Fsp3) is 0.0588. The Labute approximate surface area is 160 Å². The predicted molar refractivity (Wildman–Crippen MR) is 98.7 cm³/mol. The van der Waals surface area contributed by atoms with Gasteiger partial charge in [0.15, 0.2) is 5.17 Å². The molecule has 0 saturated carbocycles. The SMILES string of the molecule is N=C1S/C(=C\c2cccc(Cl)c2Cl)C(=O)N1c1cccc(C(F)(F)F)c1. The van der Waals surface area contributed by atoms with Gasteiger partial charge in [-0.1, -0.05) is 41.4 Å². The fourth-order valence-corrected chi connectivity index (χ4v) is 3.53. The Hall–Kier alpha value is -1.96. The number of carbonyl (C=O) groups excluding carboxylic acids is 1. The summed E-state index contributed by atoms with van der Waals surface area (Å²) in [4.78, 5) is 13.7. The zero-order valence-corrected chi connectivity index (χ0v) is 15.1. The van der Waals surface area contributed by atoms with E-state index in [1.807, 2.05) is 0 Å². The lowest BCUT2D eigenvalue weighted by Gasteiger charge is -2.16. The van der Waals surface area contributed by atoms with Gasteiger partial charge >= 0.3 is 6.18 Å². The highest BCUT2D eigenvalue weighted by molar-refractivity contribution is 8.19. The Morgan fingerprint density at radius 1 is 1.12 bits per heavy atom. The number of hydrogen-bond donors (Lipinski definition) is 1. The summed E-state index contributed by atoms with van der Waals surface area (Å²) in [6.07, 6.45) is -3.08. The van der Waals surface area contributed by atoms with Crippen molar-refractivity contribution >= 4 is 57.8 Å². The third-order valence-corrected chi connectivity index (χ3v) is 5.25. The van der Waals surface area contributed by atoms with Gasteiger partial charge in [0.1, 0.15) is 0 Å². The normalized spacial score (nSPS) is 16.7. The largest absolute Gasteiger partial charge is 0.416 e. The molecule has 1 amide bonds. The van der Waals surface area contributed by atoms with Crippen LogP contribution in [-0.2, 0) is 11.0 Å². The van der Waals surface area contributed by atoms with Gasteiger partial charge in [0.25, 0.3) is 5.91 Å². The summed E-state index contributed by atoms with van der Waals surface area (Å²) in [6, 6.07) is 9.17. The van der Waals surface area contributed by atoms with Crippen LogP contribution >= 0.6 is 35.0 Å². The van der Waals surface area contributed by atoms with Crippen LogP contribution in [0.2, 0.25) is 10.0 Å². The first kappa shape index (κ1) is 18.8. The predicted octanol–water partition coefficient (Wildman–Crippen LogP) is 6.07. The van der Waals surface area contributed by atoms with Crippen LogP contribution < -0.4 is 4.90 Å². The lowest BCUT2D eigenvalue weighted by molar-refractivity contribution is -0.137. The highest BCUT2D eigenvalue weighted by atomic mass is 35.5. The molecule has 2 aromatic rings. The molecule has 1 fully saturated rings. The second-order valence-electron chi connectivity index (χ2n) is 5.25. The molecule has 0 bridgehead atoms. The van der Waals surface area contributed by atoms with E-state index >= 15 is 0 Å².